The number of benzene rings is 1. The first-order chi connectivity index (χ1) is 9.72. The number of hydrogen-bond donors (Lipinski definition) is 0. The van der Waals surface area contributed by atoms with Gasteiger partial charge in [0.2, 0.25) is 5.91 Å². The first-order valence-electron chi connectivity index (χ1n) is 7.39. The molecule has 0 spiro atoms. The van der Waals surface area contributed by atoms with Crippen molar-refractivity contribution in [3.63, 3.8) is 0 Å². The summed E-state index contributed by atoms with van der Waals surface area (Å²) < 4.78 is 13.7. The number of amides is 1. The minimum atomic E-state index is -0.232. The van der Waals surface area contributed by atoms with Crippen molar-refractivity contribution in [1.29, 1.82) is 0 Å². The Morgan fingerprint density at radius 3 is 2.80 bits per heavy atom. The number of allylic oxidation sites excluding steroid dienone is 2. The molecule has 1 aliphatic rings. The fourth-order valence-corrected chi connectivity index (χ4v) is 2.65. The molecule has 0 radical (unpaired) electrons. The number of carbonyl (C=O) groups is 1. The summed E-state index contributed by atoms with van der Waals surface area (Å²) in [5.74, 6) is 0.00252. The van der Waals surface area contributed by atoms with Crippen LogP contribution >= 0.6 is 0 Å². The van der Waals surface area contributed by atoms with Gasteiger partial charge in [0.1, 0.15) is 5.82 Å². The van der Waals surface area contributed by atoms with E-state index >= 15 is 0 Å². The van der Waals surface area contributed by atoms with Crippen LogP contribution in [0.5, 0.6) is 0 Å². The van der Waals surface area contributed by atoms with Crippen molar-refractivity contribution < 1.29 is 9.18 Å². The second kappa shape index (κ2) is 7.22. The Hall–Kier alpha value is -1.64. The fraction of sp³-hybridized carbons (Fsp3) is 0.471. The molecule has 1 amide bonds. The number of hydrogen-bond acceptors (Lipinski definition) is 1. The van der Waals surface area contributed by atoms with E-state index in [2.05, 4.69) is 12.2 Å². The summed E-state index contributed by atoms with van der Waals surface area (Å²) in [5, 5.41) is 0. The van der Waals surface area contributed by atoms with E-state index in [1.165, 1.54) is 6.07 Å². The molecule has 3 heteroatoms. The van der Waals surface area contributed by atoms with Crippen molar-refractivity contribution in [3.8, 4) is 0 Å². The molecule has 1 aromatic carbocycles. The van der Waals surface area contributed by atoms with Gasteiger partial charge >= 0.3 is 0 Å². The van der Waals surface area contributed by atoms with Gasteiger partial charge in [-0.15, -0.1) is 0 Å². The van der Waals surface area contributed by atoms with E-state index in [0.29, 0.717) is 18.7 Å². The first kappa shape index (κ1) is 14.8. The monoisotopic (exact) mass is 275 g/mol. The van der Waals surface area contributed by atoms with Crippen LogP contribution in [0.3, 0.4) is 0 Å². The lowest BCUT2D eigenvalue weighted by Crippen LogP contribution is -2.36. The van der Waals surface area contributed by atoms with Crippen LogP contribution in [0.4, 0.5) is 4.39 Å². The van der Waals surface area contributed by atoms with Crippen molar-refractivity contribution >= 4 is 5.91 Å². The summed E-state index contributed by atoms with van der Waals surface area (Å²) in [7, 11) is 0. The maximum atomic E-state index is 13.7. The maximum Gasteiger partial charge on any atom is 0.226 e. The van der Waals surface area contributed by atoms with Gasteiger partial charge < -0.3 is 4.90 Å². The third-order valence-electron chi connectivity index (χ3n) is 3.74. The quantitative estimate of drug-likeness (QED) is 0.746. The van der Waals surface area contributed by atoms with Crippen molar-refractivity contribution in [3.05, 3.63) is 47.8 Å². The summed E-state index contributed by atoms with van der Waals surface area (Å²) in [6.07, 6.45) is 7.80. The van der Waals surface area contributed by atoms with Gasteiger partial charge in [0.05, 0.1) is 0 Å². The van der Waals surface area contributed by atoms with Crippen LogP contribution in [0, 0.1) is 11.7 Å². The molecule has 0 aromatic heterocycles. The third kappa shape index (κ3) is 3.69. The second-order valence-corrected chi connectivity index (χ2v) is 5.33. The van der Waals surface area contributed by atoms with E-state index in [1.807, 2.05) is 17.9 Å². The SMILES string of the molecule is CCCN(Cc1ccccc1F)C(=O)[C@@H]1CC=CCC1. The molecule has 20 heavy (non-hydrogen) atoms. The molecule has 108 valence electrons. The molecule has 0 saturated heterocycles. The predicted molar refractivity (Wildman–Crippen MR) is 78.6 cm³/mol. The average molecular weight is 275 g/mol. The molecule has 0 saturated carbocycles. The predicted octanol–water partition coefficient (Wildman–Crippen LogP) is 3.92. The van der Waals surface area contributed by atoms with Crippen LogP contribution in [-0.2, 0) is 11.3 Å². The molecule has 2 rings (SSSR count). The molecular formula is C17H22FNO. The van der Waals surface area contributed by atoms with Gasteiger partial charge in [-0.1, -0.05) is 37.3 Å². The highest BCUT2D eigenvalue weighted by atomic mass is 19.1. The molecule has 1 aromatic rings. The maximum absolute atomic E-state index is 13.7. The molecule has 0 fully saturated rings. The van der Waals surface area contributed by atoms with Gasteiger partial charge in [0.25, 0.3) is 0 Å². The molecule has 0 aliphatic heterocycles. The summed E-state index contributed by atoms with van der Waals surface area (Å²) in [6.45, 7) is 3.11. The van der Waals surface area contributed by atoms with Crippen LogP contribution in [0.25, 0.3) is 0 Å². The first-order valence-corrected chi connectivity index (χ1v) is 7.39. The van der Waals surface area contributed by atoms with Crippen LogP contribution < -0.4 is 0 Å². The zero-order valence-corrected chi connectivity index (χ0v) is 12.0. The van der Waals surface area contributed by atoms with Crippen molar-refractivity contribution in [2.24, 2.45) is 5.92 Å². The van der Waals surface area contributed by atoms with E-state index < -0.39 is 0 Å². The fourth-order valence-electron chi connectivity index (χ4n) is 2.65. The Balaban J connectivity index is 2.08. The average Bonchev–Trinajstić information content (AvgIpc) is 2.49. The smallest absolute Gasteiger partial charge is 0.226 e. The van der Waals surface area contributed by atoms with Crippen LogP contribution in [0.1, 0.15) is 38.2 Å². The van der Waals surface area contributed by atoms with Gasteiger partial charge in [-0.2, -0.15) is 0 Å². The Morgan fingerprint density at radius 2 is 2.15 bits per heavy atom. The minimum Gasteiger partial charge on any atom is -0.338 e. The Bertz CT molecular complexity index is 484. The normalized spacial score (nSPS) is 18.0. The van der Waals surface area contributed by atoms with Crippen molar-refractivity contribution in [1.82, 2.24) is 4.90 Å². The molecule has 2 nitrogen and oxygen atoms in total. The summed E-state index contributed by atoms with van der Waals surface area (Å²) in [4.78, 5) is 14.4. The lowest BCUT2D eigenvalue weighted by molar-refractivity contribution is -0.136. The number of nitrogens with zero attached hydrogens (tertiary/aromatic N) is 1. The molecule has 0 unspecified atom stereocenters. The lowest BCUT2D eigenvalue weighted by Gasteiger charge is -2.28. The van der Waals surface area contributed by atoms with Crippen LogP contribution in [0.2, 0.25) is 0 Å². The number of rotatable bonds is 5. The molecule has 1 aliphatic carbocycles. The summed E-state index contributed by atoms with van der Waals surface area (Å²) in [5.41, 5.74) is 0.598. The van der Waals surface area contributed by atoms with Crippen LogP contribution in [0.15, 0.2) is 36.4 Å². The molecule has 0 N–H and O–H groups in total. The zero-order valence-electron chi connectivity index (χ0n) is 12.0. The van der Waals surface area contributed by atoms with E-state index in [9.17, 15) is 9.18 Å². The van der Waals surface area contributed by atoms with E-state index in [1.54, 1.807) is 12.1 Å². The Kier molecular flexibility index (Phi) is 5.33. The van der Waals surface area contributed by atoms with Gasteiger partial charge in [-0.05, 0) is 31.7 Å². The van der Waals surface area contributed by atoms with Gasteiger partial charge in [-0.25, -0.2) is 4.39 Å². The van der Waals surface area contributed by atoms with Crippen molar-refractivity contribution in [2.45, 2.75) is 39.2 Å². The molecule has 1 atom stereocenters. The number of halogens is 1. The molecule has 0 heterocycles. The summed E-state index contributed by atoms with van der Waals surface area (Å²) >= 11 is 0. The van der Waals surface area contributed by atoms with E-state index in [-0.39, 0.29) is 17.6 Å². The highest BCUT2D eigenvalue weighted by Crippen LogP contribution is 2.22. The van der Waals surface area contributed by atoms with Crippen molar-refractivity contribution in [2.75, 3.05) is 6.54 Å². The van der Waals surface area contributed by atoms with E-state index in [4.69, 9.17) is 0 Å². The second-order valence-electron chi connectivity index (χ2n) is 5.33. The minimum absolute atomic E-state index is 0.0679. The van der Waals surface area contributed by atoms with Gasteiger partial charge in [-0.3, -0.25) is 4.79 Å². The van der Waals surface area contributed by atoms with E-state index in [0.717, 1.165) is 25.7 Å². The standard InChI is InChI=1S/C17H22FNO/c1-2-12-19(13-15-10-6-7-11-16(15)18)17(20)14-8-4-3-5-9-14/h3-4,6-7,10-11,14H,2,5,8-9,12-13H2,1H3/t14-/m1/s1. The highest BCUT2D eigenvalue weighted by molar-refractivity contribution is 5.79. The third-order valence-corrected chi connectivity index (χ3v) is 3.74. The lowest BCUT2D eigenvalue weighted by atomic mass is 9.93. The van der Waals surface area contributed by atoms with Gasteiger partial charge in [0.15, 0.2) is 0 Å². The zero-order chi connectivity index (χ0) is 14.4. The topological polar surface area (TPSA) is 20.3 Å². The molecular weight excluding hydrogens is 253 g/mol. The largest absolute Gasteiger partial charge is 0.338 e. The Labute approximate surface area is 120 Å². The number of carbonyl (C=O) groups excluding carboxylic acids is 1. The summed E-state index contributed by atoms with van der Waals surface area (Å²) in [6, 6.07) is 6.70. The van der Waals surface area contributed by atoms with Gasteiger partial charge in [0, 0.05) is 24.6 Å². The van der Waals surface area contributed by atoms with Crippen LogP contribution in [-0.4, -0.2) is 17.4 Å². The Morgan fingerprint density at radius 1 is 1.35 bits per heavy atom. The molecule has 0 bridgehead atoms. The highest BCUT2D eigenvalue weighted by Gasteiger charge is 2.24.